The number of aromatic carboxylic acids is 1. The Balaban J connectivity index is 2.88. The van der Waals surface area contributed by atoms with E-state index in [1.54, 1.807) is 13.8 Å². The number of anilines is 1. The molecule has 2 N–H and O–H groups in total. The van der Waals surface area contributed by atoms with Gasteiger partial charge in [-0.15, -0.1) is 0 Å². The smallest absolute Gasteiger partial charge is 0.339 e. The first-order valence-corrected chi connectivity index (χ1v) is 8.55. The average molecular weight is 344 g/mol. The van der Waals surface area contributed by atoms with Gasteiger partial charge in [0.2, 0.25) is 15.9 Å². The van der Waals surface area contributed by atoms with Gasteiger partial charge < -0.3 is 15.2 Å². The summed E-state index contributed by atoms with van der Waals surface area (Å²) < 4.78 is 30.2. The van der Waals surface area contributed by atoms with Gasteiger partial charge in [0.1, 0.15) is 17.1 Å². The van der Waals surface area contributed by atoms with E-state index in [1.807, 2.05) is 0 Å². The Morgan fingerprint density at radius 3 is 2.35 bits per heavy atom. The Morgan fingerprint density at radius 2 is 1.87 bits per heavy atom. The molecule has 0 saturated carbocycles. The summed E-state index contributed by atoms with van der Waals surface area (Å²) in [5, 5.41) is 11.4. The van der Waals surface area contributed by atoms with Gasteiger partial charge >= 0.3 is 5.97 Å². The van der Waals surface area contributed by atoms with Crippen LogP contribution in [0.25, 0.3) is 0 Å². The van der Waals surface area contributed by atoms with E-state index in [1.165, 1.54) is 29.6 Å². The van der Waals surface area contributed by atoms with Gasteiger partial charge in [0.25, 0.3) is 0 Å². The number of carbonyl (C=O) groups excluding carboxylic acids is 1. The molecule has 0 aromatic heterocycles. The lowest BCUT2D eigenvalue weighted by molar-refractivity contribution is -0.113. The molecule has 128 valence electrons. The zero-order valence-electron chi connectivity index (χ0n) is 13.2. The first-order valence-electron chi connectivity index (χ1n) is 6.94. The second-order valence-corrected chi connectivity index (χ2v) is 6.58. The van der Waals surface area contributed by atoms with Crippen molar-refractivity contribution in [1.82, 2.24) is 4.31 Å². The number of benzene rings is 1. The second kappa shape index (κ2) is 7.93. The number of sulfonamides is 1. The number of ether oxygens (including phenoxy) is 1. The Kier molecular flexibility index (Phi) is 6.52. The van der Waals surface area contributed by atoms with Crippen molar-refractivity contribution < 1.29 is 27.9 Å². The molecule has 0 heterocycles. The number of carbonyl (C=O) groups is 2. The van der Waals surface area contributed by atoms with Crippen LogP contribution in [0.3, 0.4) is 0 Å². The van der Waals surface area contributed by atoms with E-state index in [4.69, 9.17) is 9.84 Å². The van der Waals surface area contributed by atoms with Gasteiger partial charge in [0, 0.05) is 24.8 Å². The predicted octanol–water partition coefficient (Wildman–Crippen LogP) is 1.00. The molecule has 23 heavy (non-hydrogen) atoms. The third kappa shape index (κ3) is 4.93. The summed E-state index contributed by atoms with van der Waals surface area (Å²) >= 11 is 0. The molecule has 0 radical (unpaired) electrons. The molecule has 0 saturated heterocycles. The van der Waals surface area contributed by atoms with Gasteiger partial charge in [0.05, 0.1) is 7.11 Å². The molecular formula is C14H20N2O6S. The molecule has 0 unspecified atom stereocenters. The van der Waals surface area contributed by atoms with Crippen LogP contribution in [-0.2, 0) is 14.8 Å². The molecule has 8 nitrogen and oxygen atoms in total. The fraction of sp³-hybridized carbons (Fsp3) is 0.429. The van der Waals surface area contributed by atoms with Crippen LogP contribution in [0, 0.1) is 0 Å². The lowest BCUT2D eigenvalue weighted by atomic mass is 10.2. The minimum Gasteiger partial charge on any atom is -0.496 e. The molecule has 0 aliphatic carbocycles. The summed E-state index contributed by atoms with van der Waals surface area (Å²) in [7, 11) is -2.38. The number of carboxylic acid groups (broad SMARTS) is 1. The summed E-state index contributed by atoms with van der Waals surface area (Å²) in [5.41, 5.74) is 0.202. The van der Waals surface area contributed by atoms with E-state index < -0.39 is 27.7 Å². The molecule has 1 aromatic rings. The maximum Gasteiger partial charge on any atom is 0.339 e. The molecule has 0 spiro atoms. The molecule has 9 heteroatoms. The van der Waals surface area contributed by atoms with Crippen LogP contribution in [0.15, 0.2) is 18.2 Å². The third-order valence-corrected chi connectivity index (χ3v) is 5.06. The molecular weight excluding hydrogens is 324 g/mol. The first kappa shape index (κ1) is 18.9. The summed E-state index contributed by atoms with van der Waals surface area (Å²) in [6.07, 6.45) is 0. The summed E-state index contributed by atoms with van der Waals surface area (Å²) in [6, 6.07) is 3.97. The standard InChI is InChI=1S/C14H20N2O6S/c1-4-16(5-2)23(20,21)9-13(17)15-10-6-7-11(14(18)19)12(8-10)22-3/h6-8H,4-5,9H2,1-3H3,(H,15,17)(H,18,19). The number of hydrogen-bond donors (Lipinski definition) is 2. The van der Waals surface area contributed by atoms with E-state index in [9.17, 15) is 18.0 Å². The summed E-state index contributed by atoms with van der Waals surface area (Å²) in [6.45, 7) is 3.95. The highest BCUT2D eigenvalue weighted by atomic mass is 32.2. The number of carboxylic acids is 1. The first-order chi connectivity index (χ1) is 10.7. The lowest BCUT2D eigenvalue weighted by Gasteiger charge is -2.18. The Hall–Kier alpha value is -2.13. The van der Waals surface area contributed by atoms with E-state index in [0.717, 1.165) is 0 Å². The highest BCUT2D eigenvalue weighted by Crippen LogP contribution is 2.23. The fourth-order valence-corrected chi connectivity index (χ4v) is 3.39. The number of nitrogens with one attached hydrogen (secondary N) is 1. The minimum atomic E-state index is -3.68. The summed E-state index contributed by atoms with van der Waals surface area (Å²) in [5.74, 6) is -2.48. The van der Waals surface area contributed by atoms with Crippen molar-refractivity contribution in [3.8, 4) is 5.75 Å². The van der Waals surface area contributed by atoms with E-state index in [0.29, 0.717) is 0 Å². The monoisotopic (exact) mass is 344 g/mol. The number of methoxy groups -OCH3 is 1. The third-order valence-electron chi connectivity index (χ3n) is 3.13. The fourth-order valence-electron chi connectivity index (χ4n) is 2.02. The highest BCUT2D eigenvalue weighted by molar-refractivity contribution is 7.89. The van der Waals surface area contributed by atoms with Gasteiger partial charge in [-0.1, -0.05) is 13.8 Å². The van der Waals surface area contributed by atoms with Crippen molar-refractivity contribution in [2.75, 3.05) is 31.3 Å². The predicted molar refractivity (Wildman–Crippen MR) is 85.3 cm³/mol. The van der Waals surface area contributed by atoms with Gasteiger partial charge in [0.15, 0.2) is 0 Å². The molecule has 0 atom stereocenters. The van der Waals surface area contributed by atoms with Crippen molar-refractivity contribution in [3.63, 3.8) is 0 Å². The molecule has 0 fully saturated rings. The lowest BCUT2D eigenvalue weighted by Crippen LogP contribution is -2.36. The minimum absolute atomic E-state index is 0.0544. The molecule has 0 aliphatic rings. The Bertz CT molecular complexity index is 683. The number of rotatable bonds is 8. The van der Waals surface area contributed by atoms with Crippen LogP contribution in [0.5, 0.6) is 5.75 Å². The normalized spacial score (nSPS) is 11.3. The van der Waals surface area contributed by atoms with Crippen LogP contribution in [-0.4, -0.2) is 55.7 Å². The molecule has 1 amide bonds. The van der Waals surface area contributed by atoms with Crippen molar-refractivity contribution in [2.24, 2.45) is 0 Å². The zero-order valence-corrected chi connectivity index (χ0v) is 14.0. The zero-order chi connectivity index (χ0) is 17.6. The molecule has 1 aromatic carbocycles. The molecule has 1 rings (SSSR count). The van der Waals surface area contributed by atoms with Crippen molar-refractivity contribution >= 4 is 27.6 Å². The van der Waals surface area contributed by atoms with Crippen molar-refractivity contribution in [2.45, 2.75) is 13.8 Å². The number of nitrogens with zero attached hydrogens (tertiary/aromatic N) is 1. The van der Waals surface area contributed by atoms with Crippen LogP contribution in [0.4, 0.5) is 5.69 Å². The average Bonchev–Trinajstić information content (AvgIpc) is 2.46. The topological polar surface area (TPSA) is 113 Å². The van der Waals surface area contributed by atoms with Gasteiger partial charge in [-0.2, -0.15) is 0 Å². The van der Waals surface area contributed by atoms with E-state index in [2.05, 4.69) is 5.32 Å². The van der Waals surface area contributed by atoms with E-state index in [-0.39, 0.29) is 30.1 Å². The SMILES string of the molecule is CCN(CC)S(=O)(=O)CC(=O)Nc1ccc(C(=O)O)c(OC)c1. The second-order valence-electron chi connectivity index (χ2n) is 4.61. The van der Waals surface area contributed by atoms with Gasteiger partial charge in [-0.05, 0) is 12.1 Å². The maximum absolute atomic E-state index is 12.0. The Morgan fingerprint density at radius 1 is 1.26 bits per heavy atom. The van der Waals surface area contributed by atoms with Gasteiger partial charge in [-0.3, -0.25) is 4.79 Å². The van der Waals surface area contributed by atoms with E-state index >= 15 is 0 Å². The molecule has 0 bridgehead atoms. The maximum atomic E-state index is 12.0. The molecule has 0 aliphatic heterocycles. The van der Waals surface area contributed by atoms with Crippen molar-refractivity contribution in [3.05, 3.63) is 23.8 Å². The number of hydrogen-bond acceptors (Lipinski definition) is 5. The van der Waals surface area contributed by atoms with Crippen LogP contribution < -0.4 is 10.1 Å². The quantitative estimate of drug-likeness (QED) is 0.727. The largest absolute Gasteiger partial charge is 0.496 e. The van der Waals surface area contributed by atoms with Crippen LogP contribution >= 0.6 is 0 Å². The Labute approximate surface area is 135 Å². The van der Waals surface area contributed by atoms with Crippen LogP contribution in [0.1, 0.15) is 24.2 Å². The highest BCUT2D eigenvalue weighted by Gasteiger charge is 2.23. The van der Waals surface area contributed by atoms with Crippen molar-refractivity contribution in [1.29, 1.82) is 0 Å². The van der Waals surface area contributed by atoms with Crippen LogP contribution in [0.2, 0.25) is 0 Å². The summed E-state index contributed by atoms with van der Waals surface area (Å²) in [4.78, 5) is 22.9. The number of amides is 1. The van der Waals surface area contributed by atoms with Gasteiger partial charge in [-0.25, -0.2) is 17.5 Å².